The monoisotopic (exact) mass is 463 g/mol. The maximum atomic E-state index is 12.3. The number of ether oxygens (including phenoxy) is 3. The first-order valence-electron chi connectivity index (χ1n) is 9.03. The van der Waals surface area contributed by atoms with Crippen LogP contribution in [0.1, 0.15) is 51.5 Å². The predicted octanol–water partition coefficient (Wildman–Crippen LogP) is 4.20. The minimum Gasteiger partial charge on any atom is -0.462 e. The summed E-state index contributed by atoms with van der Waals surface area (Å²) in [5.74, 6) is -1.79. The molecule has 0 fully saturated rings. The van der Waals surface area contributed by atoms with E-state index in [0.29, 0.717) is 5.56 Å². The summed E-state index contributed by atoms with van der Waals surface area (Å²) in [4.78, 5) is 39.3. The van der Waals surface area contributed by atoms with Gasteiger partial charge in [-0.05, 0) is 50.1 Å². The Balaban J connectivity index is 2.17. The van der Waals surface area contributed by atoms with Crippen molar-refractivity contribution in [3.8, 4) is 0 Å². The zero-order chi connectivity index (χ0) is 21.4. The Hall–Kier alpha value is -2.87. The van der Waals surface area contributed by atoms with Gasteiger partial charge in [0.1, 0.15) is 12.3 Å². The molecule has 1 N–H and O–H groups in total. The minimum absolute atomic E-state index is 0.130. The number of carbonyl (C=O) groups is 3. The summed E-state index contributed by atoms with van der Waals surface area (Å²) in [6.07, 6.45) is 2.90. The van der Waals surface area contributed by atoms with Crippen molar-refractivity contribution >= 4 is 39.9 Å². The average molecular weight is 464 g/mol. The Morgan fingerprint density at radius 2 is 1.76 bits per heavy atom. The molecule has 0 saturated carbocycles. The van der Waals surface area contributed by atoms with Gasteiger partial charge in [-0.25, -0.2) is 14.4 Å². The maximum Gasteiger partial charge on any atom is 0.355 e. The molecule has 1 heterocycles. The molecule has 8 heteroatoms. The first-order valence-corrected chi connectivity index (χ1v) is 9.82. The molecule has 154 valence electrons. The lowest BCUT2D eigenvalue weighted by Gasteiger charge is -2.05. The van der Waals surface area contributed by atoms with Crippen LogP contribution in [0, 0.1) is 6.92 Å². The third-order valence-corrected chi connectivity index (χ3v) is 4.40. The molecule has 0 atom stereocenters. The van der Waals surface area contributed by atoms with Crippen molar-refractivity contribution in [2.24, 2.45) is 0 Å². The molecule has 29 heavy (non-hydrogen) atoms. The summed E-state index contributed by atoms with van der Waals surface area (Å²) in [5, 5.41) is 0. The number of benzene rings is 1. The Bertz CT molecular complexity index is 931. The van der Waals surface area contributed by atoms with Crippen LogP contribution in [0.15, 0.2) is 34.8 Å². The van der Waals surface area contributed by atoms with Gasteiger partial charge in [0.05, 0.1) is 24.5 Å². The van der Waals surface area contributed by atoms with Gasteiger partial charge in [-0.2, -0.15) is 0 Å². The van der Waals surface area contributed by atoms with Crippen LogP contribution in [0.5, 0.6) is 0 Å². The predicted molar refractivity (Wildman–Crippen MR) is 110 cm³/mol. The number of hydrogen-bond acceptors (Lipinski definition) is 6. The van der Waals surface area contributed by atoms with Gasteiger partial charge in [0.25, 0.3) is 0 Å². The van der Waals surface area contributed by atoms with Crippen LogP contribution in [-0.2, 0) is 25.6 Å². The fourth-order valence-corrected chi connectivity index (χ4v) is 3.04. The Morgan fingerprint density at radius 1 is 1.07 bits per heavy atom. The second-order valence-corrected chi connectivity index (χ2v) is 6.83. The second-order valence-electron chi connectivity index (χ2n) is 5.92. The van der Waals surface area contributed by atoms with E-state index in [1.54, 1.807) is 26.8 Å². The lowest BCUT2D eigenvalue weighted by molar-refractivity contribution is -0.139. The fraction of sp³-hybridized carbons (Fsp3) is 0.286. The number of esters is 3. The first kappa shape index (κ1) is 22.4. The summed E-state index contributed by atoms with van der Waals surface area (Å²) >= 11 is 3.36. The van der Waals surface area contributed by atoms with Gasteiger partial charge in [-0.3, -0.25) is 0 Å². The molecule has 2 aromatic rings. The van der Waals surface area contributed by atoms with Crippen LogP contribution < -0.4 is 0 Å². The third kappa shape index (κ3) is 6.05. The average Bonchev–Trinajstić information content (AvgIpc) is 3.01. The van der Waals surface area contributed by atoms with E-state index in [0.717, 1.165) is 10.0 Å². The van der Waals surface area contributed by atoms with Gasteiger partial charge in [0, 0.05) is 10.5 Å². The molecule has 1 aromatic heterocycles. The molecule has 0 unspecified atom stereocenters. The van der Waals surface area contributed by atoms with E-state index < -0.39 is 17.9 Å². The van der Waals surface area contributed by atoms with Gasteiger partial charge in [0.2, 0.25) is 0 Å². The lowest BCUT2D eigenvalue weighted by atomic mass is 10.1. The number of halogens is 1. The van der Waals surface area contributed by atoms with Gasteiger partial charge in [0.15, 0.2) is 0 Å². The number of H-pyrrole nitrogens is 1. The molecular weight excluding hydrogens is 442 g/mol. The van der Waals surface area contributed by atoms with E-state index in [1.165, 1.54) is 6.08 Å². The van der Waals surface area contributed by atoms with Crippen LogP contribution in [0.25, 0.3) is 6.08 Å². The van der Waals surface area contributed by atoms with E-state index in [9.17, 15) is 14.4 Å². The highest BCUT2D eigenvalue weighted by molar-refractivity contribution is 9.10. The summed E-state index contributed by atoms with van der Waals surface area (Å²) in [6, 6.07) is 7.41. The molecule has 1 aromatic carbocycles. The summed E-state index contributed by atoms with van der Waals surface area (Å²) < 4.78 is 16.2. The van der Waals surface area contributed by atoms with Crippen LogP contribution in [0.2, 0.25) is 0 Å². The highest BCUT2D eigenvalue weighted by Gasteiger charge is 2.26. The highest BCUT2D eigenvalue weighted by Crippen LogP contribution is 2.22. The molecule has 0 radical (unpaired) electrons. The zero-order valence-corrected chi connectivity index (χ0v) is 18.0. The highest BCUT2D eigenvalue weighted by atomic mass is 79.9. The van der Waals surface area contributed by atoms with Crippen molar-refractivity contribution in [2.45, 2.75) is 27.4 Å². The van der Waals surface area contributed by atoms with Gasteiger partial charge < -0.3 is 19.2 Å². The third-order valence-electron chi connectivity index (χ3n) is 3.91. The number of nitrogens with one attached hydrogen (secondary N) is 1. The van der Waals surface area contributed by atoms with Gasteiger partial charge in [-0.15, -0.1) is 0 Å². The van der Waals surface area contributed by atoms with Crippen LogP contribution >= 0.6 is 15.9 Å². The van der Waals surface area contributed by atoms with E-state index >= 15 is 0 Å². The summed E-state index contributed by atoms with van der Waals surface area (Å²) in [5.41, 5.74) is 1.78. The van der Waals surface area contributed by atoms with E-state index in [4.69, 9.17) is 14.2 Å². The molecule has 7 nitrogen and oxygen atoms in total. The zero-order valence-electron chi connectivity index (χ0n) is 16.4. The van der Waals surface area contributed by atoms with Gasteiger partial charge in [-0.1, -0.05) is 28.1 Å². The topological polar surface area (TPSA) is 94.7 Å². The van der Waals surface area contributed by atoms with Crippen LogP contribution in [0.4, 0.5) is 0 Å². The van der Waals surface area contributed by atoms with Crippen molar-refractivity contribution in [1.29, 1.82) is 0 Å². The minimum atomic E-state index is -0.604. The van der Waals surface area contributed by atoms with E-state index in [1.807, 2.05) is 24.3 Å². The number of hydrogen-bond donors (Lipinski definition) is 1. The summed E-state index contributed by atoms with van der Waals surface area (Å²) in [7, 11) is 0. The van der Waals surface area contributed by atoms with Crippen molar-refractivity contribution in [3.63, 3.8) is 0 Å². The Kier molecular flexibility index (Phi) is 8.21. The number of aromatic nitrogens is 1. The summed E-state index contributed by atoms with van der Waals surface area (Å²) in [6.45, 7) is 5.11. The van der Waals surface area contributed by atoms with Crippen molar-refractivity contribution in [1.82, 2.24) is 4.98 Å². The Labute approximate surface area is 177 Å². The van der Waals surface area contributed by atoms with Crippen LogP contribution in [-0.4, -0.2) is 36.1 Å². The standard InChI is InChI=1S/C21H22BrNO6/c1-4-27-20(25)18-13(3)19(21(26)28-5-2)23-16(18)12-29-17(24)10-9-14-7-6-8-15(22)11-14/h6-11,23H,4-5,12H2,1-3H3/b10-9+. The van der Waals surface area contributed by atoms with Crippen molar-refractivity contribution < 1.29 is 28.6 Å². The molecule has 0 aliphatic heterocycles. The molecule has 0 amide bonds. The molecular formula is C21H22BrNO6. The normalized spacial score (nSPS) is 10.8. The van der Waals surface area contributed by atoms with Crippen molar-refractivity contribution in [2.75, 3.05) is 13.2 Å². The molecule has 0 bridgehead atoms. The van der Waals surface area contributed by atoms with E-state index in [-0.39, 0.29) is 36.8 Å². The molecule has 2 rings (SSSR count). The number of carbonyl (C=O) groups excluding carboxylic acids is 3. The SMILES string of the molecule is CCOC(=O)c1[nH]c(COC(=O)/C=C/c2cccc(Br)c2)c(C(=O)OCC)c1C. The number of rotatable bonds is 8. The molecule has 0 spiro atoms. The smallest absolute Gasteiger partial charge is 0.355 e. The molecule has 0 aliphatic carbocycles. The molecule has 0 saturated heterocycles. The second kappa shape index (κ2) is 10.6. The fourth-order valence-electron chi connectivity index (χ4n) is 2.62. The van der Waals surface area contributed by atoms with Crippen LogP contribution in [0.3, 0.4) is 0 Å². The van der Waals surface area contributed by atoms with Crippen molar-refractivity contribution in [3.05, 3.63) is 62.9 Å². The lowest BCUT2D eigenvalue weighted by Crippen LogP contribution is -2.10. The first-order chi connectivity index (χ1) is 13.9. The number of aromatic amines is 1. The van der Waals surface area contributed by atoms with E-state index in [2.05, 4.69) is 20.9 Å². The molecule has 0 aliphatic rings. The van der Waals surface area contributed by atoms with Gasteiger partial charge >= 0.3 is 17.9 Å². The Morgan fingerprint density at radius 3 is 2.41 bits per heavy atom. The largest absolute Gasteiger partial charge is 0.462 e. The quantitative estimate of drug-likeness (QED) is 0.358. The maximum absolute atomic E-state index is 12.3.